The number of hydrogen-bond acceptors (Lipinski definition) is 1. The molecule has 3 heteroatoms. The smallest absolute Gasteiger partial charge is 0.00354 e. The van der Waals surface area contributed by atoms with E-state index in [1.165, 1.54) is 34.5 Å². The van der Waals surface area contributed by atoms with Crippen molar-refractivity contribution in [1.29, 1.82) is 0 Å². The lowest BCUT2D eigenvalue weighted by Gasteiger charge is -2.49. The minimum Gasteiger partial charge on any atom is -0.294 e. The zero-order valence-corrected chi connectivity index (χ0v) is 10.3. The molecule has 1 fully saturated rings. The van der Waals surface area contributed by atoms with E-state index in [9.17, 15) is 0 Å². The van der Waals surface area contributed by atoms with Crippen LogP contribution in [0.15, 0.2) is 0 Å². The highest BCUT2D eigenvalue weighted by atomic mass is 32.3. The van der Waals surface area contributed by atoms with Gasteiger partial charge in [0.05, 0.1) is 0 Å². The van der Waals surface area contributed by atoms with Crippen LogP contribution in [0.5, 0.6) is 0 Å². The average molecular weight is 209 g/mol. The molecule has 0 atom stereocenters. The Balaban J connectivity index is 2.49. The van der Waals surface area contributed by atoms with E-state index in [1.807, 2.05) is 0 Å². The molecule has 0 bridgehead atoms. The molecule has 0 aromatic heterocycles. The molecular formula is C9H23NS2. The monoisotopic (exact) mass is 209 g/mol. The Kier molecular flexibility index (Phi) is 3.41. The molecule has 0 aromatic carbocycles. The topological polar surface area (TPSA) is 26.0 Å². The van der Waals surface area contributed by atoms with Gasteiger partial charge in [-0.25, -0.2) is 10.0 Å². The third kappa shape index (κ3) is 2.33. The first kappa shape index (κ1) is 10.7. The van der Waals surface area contributed by atoms with Crippen molar-refractivity contribution in [2.24, 2.45) is 5.14 Å². The van der Waals surface area contributed by atoms with E-state index in [1.54, 1.807) is 0 Å². The summed E-state index contributed by atoms with van der Waals surface area (Å²) >= 11 is 0. The van der Waals surface area contributed by atoms with E-state index in [0.717, 1.165) is 0 Å². The Morgan fingerprint density at radius 2 is 1.50 bits per heavy atom. The Morgan fingerprint density at radius 1 is 1.00 bits per heavy atom. The molecule has 0 amide bonds. The van der Waals surface area contributed by atoms with Crippen molar-refractivity contribution in [3.8, 4) is 0 Å². The van der Waals surface area contributed by atoms with Crippen LogP contribution in [-0.2, 0) is 0 Å². The summed E-state index contributed by atoms with van der Waals surface area (Å²) in [5.41, 5.74) is 0. The van der Waals surface area contributed by atoms with Gasteiger partial charge in [-0.05, 0) is 40.8 Å². The van der Waals surface area contributed by atoms with Gasteiger partial charge >= 0.3 is 0 Å². The van der Waals surface area contributed by atoms with Gasteiger partial charge in [-0.3, -0.25) is 5.14 Å². The van der Waals surface area contributed by atoms with Crippen LogP contribution in [0.25, 0.3) is 0 Å². The predicted molar refractivity (Wildman–Crippen MR) is 65.8 cm³/mol. The lowest BCUT2D eigenvalue weighted by atomic mass is 10.9. The molecule has 2 N–H and O–H groups in total. The maximum Gasteiger partial charge on any atom is -0.00354 e. The maximum atomic E-state index is 6.33. The molecule has 0 aromatic rings. The summed E-state index contributed by atoms with van der Waals surface area (Å²) in [5.74, 6) is 8.25. The molecule has 0 radical (unpaired) electrons. The molecule has 1 heterocycles. The third-order valence-electron chi connectivity index (χ3n) is 3.24. The third-order valence-corrected chi connectivity index (χ3v) is 10.7. The Hall–Kier alpha value is 0.660. The molecule has 1 rings (SSSR count). The Bertz CT molecular complexity index is 133. The van der Waals surface area contributed by atoms with Crippen molar-refractivity contribution in [2.75, 3.05) is 40.8 Å². The molecule has 1 saturated heterocycles. The first-order valence-electron chi connectivity index (χ1n) is 4.79. The van der Waals surface area contributed by atoms with Crippen molar-refractivity contribution >= 4 is 20.2 Å². The highest BCUT2D eigenvalue weighted by Gasteiger charge is 2.29. The van der Waals surface area contributed by atoms with Gasteiger partial charge in [-0.15, -0.1) is 0 Å². The number of rotatable bonds is 2. The van der Waals surface area contributed by atoms with Gasteiger partial charge in [-0.2, -0.15) is 10.2 Å². The first-order chi connectivity index (χ1) is 5.54. The van der Waals surface area contributed by atoms with Gasteiger partial charge < -0.3 is 0 Å². The fraction of sp³-hybridized carbons (Fsp3) is 1.00. The quantitative estimate of drug-likeness (QED) is 0.741. The second kappa shape index (κ2) is 3.81. The second-order valence-electron chi connectivity index (χ2n) is 3.98. The maximum absolute atomic E-state index is 6.33. The van der Waals surface area contributed by atoms with E-state index in [4.69, 9.17) is 5.14 Å². The number of hydrogen-bond donors (Lipinski definition) is 1. The van der Waals surface area contributed by atoms with Crippen LogP contribution >= 0.6 is 20.2 Å². The fourth-order valence-electron chi connectivity index (χ4n) is 1.52. The van der Waals surface area contributed by atoms with Crippen molar-refractivity contribution in [1.82, 2.24) is 0 Å². The van der Waals surface area contributed by atoms with Crippen molar-refractivity contribution in [3.63, 3.8) is 0 Å². The van der Waals surface area contributed by atoms with Gasteiger partial charge in [0.15, 0.2) is 0 Å². The van der Waals surface area contributed by atoms with Gasteiger partial charge in [0.25, 0.3) is 0 Å². The summed E-state index contributed by atoms with van der Waals surface area (Å²) in [6.07, 6.45) is 2.50. The summed E-state index contributed by atoms with van der Waals surface area (Å²) in [4.78, 5) is 0. The van der Waals surface area contributed by atoms with Crippen molar-refractivity contribution in [2.45, 2.75) is 13.8 Å². The Morgan fingerprint density at radius 3 is 1.83 bits per heavy atom. The number of nitrogens with two attached hydrogens (primary N) is 1. The SMILES string of the molecule is CCS1(C)CCS(N)(CC)CC1. The second-order valence-corrected chi connectivity index (χ2v) is 12.0. The molecule has 76 valence electrons. The van der Waals surface area contributed by atoms with Crippen LogP contribution in [0, 0.1) is 0 Å². The van der Waals surface area contributed by atoms with Gasteiger partial charge in [-0.1, -0.05) is 13.8 Å². The summed E-state index contributed by atoms with van der Waals surface area (Å²) in [5, 5.41) is 6.33. The summed E-state index contributed by atoms with van der Waals surface area (Å²) in [6.45, 7) is 4.61. The molecule has 0 spiro atoms. The van der Waals surface area contributed by atoms with Gasteiger partial charge in [0, 0.05) is 0 Å². The van der Waals surface area contributed by atoms with Gasteiger partial charge in [0.1, 0.15) is 0 Å². The molecule has 12 heavy (non-hydrogen) atoms. The standard InChI is InChI=1S/C9H23NS2/c1-4-11(3)6-8-12(10,5-2)9-7-11/h4-10H2,1-3H3. The van der Waals surface area contributed by atoms with Crippen LogP contribution in [0.3, 0.4) is 0 Å². The predicted octanol–water partition coefficient (Wildman–Crippen LogP) is 2.15. The van der Waals surface area contributed by atoms with Crippen LogP contribution in [0.1, 0.15) is 13.8 Å². The summed E-state index contributed by atoms with van der Waals surface area (Å²) < 4.78 is 0. The highest BCUT2D eigenvalue weighted by molar-refractivity contribution is 8.38. The lowest BCUT2D eigenvalue weighted by Crippen LogP contribution is -2.33. The first-order valence-corrected chi connectivity index (χ1v) is 9.54. The van der Waals surface area contributed by atoms with E-state index in [-0.39, 0.29) is 10.0 Å². The molecule has 1 aliphatic rings. The van der Waals surface area contributed by atoms with Crippen LogP contribution in [0.2, 0.25) is 0 Å². The zero-order chi connectivity index (χ0) is 9.24. The van der Waals surface area contributed by atoms with Gasteiger partial charge in [0.2, 0.25) is 0 Å². The average Bonchev–Trinajstić information content (AvgIpc) is 2.11. The molecule has 1 nitrogen and oxygen atoms in total. The zero-order valence-electron chi connectivity index (χ0n) is 8.64. The minimum atomic E-state index is -0.638. The molecule has 0 saturated carbocycles. The van der Waals surface area contributed by atoms with E-state index >= 15 is 0 Å². The van der Waals surface area contributed by atoms with Crippen LogP contribution in [0.4, 0.5) is 0 Å². The van der Waals surface area contributed by atoms with E-state index < -0.39 is 10.2 Å². The minimum absolute atomic E-state index is 0.218. The van der Waals surface area contributed by atoms with Crippen LogP contribution in [-0.4, -0.2) is 40.8 Å². The molecule has 0 aliphatic carbocycles. The van der Waals surface area contributed by atoms with E-state index in [2.05, 4.69) is 20.1 Å². The Labute approximate surface area is 80.2 Å². The largest absolute Gasteiger partial charge is 0.294 e. The molecular weight excluding hydrogens is 186 g/mol. The normalized spacial score (nSPS) is 53.7. The highest BCUT2D eigenvalue weighted by Crippen LogP contribution is 2.55. The summed E-state index contributed by atoms with van der Waals surface area (Å²) in [6, 6.07) is 0. The fourth-order valence-corrected chi connectivity index (χ4v) is 8.95. The molecule has 0 unspecified atom stereocenters. The molecule has 1 aliphatic heterocycles. The van der Waals surface area contributed by atoms with Crippen molar-refractivity contribution < 1.29 is 0 Å². The lowest BCUT2D eigenvalue weighted by molar-refractivity contribution is 1.26. The summed E-state index contributed by atoms with van der Waals surface area (Å²) in [7, 11) is -0.857. The van der Waals surface area contributed by atoms with Crippen LogP contribution < -0.4 is 5.14 Å². The van der Waals surface area contributed by atoms with Crippen molar-refractivity contribution in [3.05, 3.63) is 0 Å². The van der Waals surface area contributed by atoms with E-state index in [0.29, 0.717) is 0 Å².